The van der Waals surface area contributed by atoms with Crippen LogP contribution in [0.3, 0.4) is 0 Å². The van der Waals surface area contributed by atoms with Gasteiger partial charge in [-0.05, 0) is 23.8 Å². The average Bonchev–Trinajstić information content (AvgIpc) is 2.03. The molecule has 2 nitrogen and oxygen atoms in total. The average molecular weight is 288 g/mol. The Bertz CT molecular complexity index is 419. The summed E-state index contributed by atoms with van der Waals surface area (Å²) in [5.41, 5.74) is 0.542. The molecule has 0 heterocycles. The van der Waals surface area contributed by atoms with Crippen molar-refractivity contribution in [3.05, 3.63) is 28.2 Å². The number of alkyl halides is 1. The lowest BCUT2D eigenvalue weighted by Crippen LogP contribution is -1.93. The van der Waals surface area contributed by atoms with Crippen LogP contribution in [0.5, 0.6) is 0 Å². The Labute approximate surface area is 89.1 Å². The molecule has 0 saturated heterocycles. The van der Waals surface area contributed by atoms with Gasteiger partial charge in [-0.15, -0.1) is 15.5 Å². The fourth-order valence-corrected chi connectivity index (χ4v) is 2.09. The number of hydrogen-bond donors (Lipinski definition) is 0. The number of rotatable bonds is 2. The summed E-state index contributed by atoms with van der Waals surface area (Å²) in [6.07, 6.45) is 0. The topological polar surface area (TPSA) is 34.1 Å². The summed E-state index contributed by atoms with van der Waals surface area (Å²) < 4.78 is 34.1. The maximum Gasteiger partial charge on any atom is 0.332 e. The molecule has 0 aromatic heterocycles. The predicted molar refractivity (Wildman–Crippen MR) is 52.0 cm³/mol. The molecule has 0 N–H and O–H groups in total. The Kier molecular flexibility index (Phi) is 3.32. The van der Waals surface area contributed by atoms with Gasteiger partial charge in [-0.3, -0.25) is 0 Å². The van der Waals surface area contributed by atoms with E-state index in [0.717, 1.165) is 0 Å². The van der Waals surface area contributed by atoms with E-state index in [1.807, 2.05) is 0 Å². The molecular weight excluding hydrogens is 282 g/mol. The van der Waals surface area contributed by atoms with Crippen LogP contribution in [0.2, 0.25) is 0 Å². The Morgan fingerprint density at radius 3 is 2.54 bits per heavy atom. The van der Waals surface area contributed by atoms with Gasteiger partial charge in [0.15, 0.2) is 0 Å². The maximum absolute atomic E-state index is 12.5. The fraction of sp³-hybridized carbons (Fsp3) is 0.143. The van der Waals surface area contributed by atoms with Gasteiger partial charge in [0.25, 0.3) is 0 Å². The lowest BCUT2D eigenvalue weighted by atomic mass is 10.2. The van der Waals surface area contributed by atoms with Crippen molar-refractivity contribution in [3.8, 4) is 0 Å². The van der Waals surface area contributed by atoms with Gasteiger partial charge in [0.1, 0.15) is 0 Å². The molecule has 1 aromatic carbocycles. The summed E-state index contributed by atoms with van der Waals surface area (Å²) in [6, 6.07) is 3.83. The first-order valence-corrected chi connectivity index (χ1v) is 5.95. The summed E-state index contributed by atoms with van der Waals surface area (Å²) >= 11 is 8.66. The lowest BCUT2D eigenvalue weighted by Gasteiger charge is -2.01. The van der Waals surface area contributed by atoms with Crippen molar-refractivity contribution in [2.24, 2.45) is 0 Å². The standard InChI is InChI=1S/C7H5BrClFO2S/c8-7-2-1-6(13(10,11)12)3-5(7)4-9/h1-3H,4H2. The first-order valence-electron chi connectivity index (χ1n) is 3.24. The van der Waals surface area contributed by atoms with Crippen molar-refractivity contribution >= 4 is 37.8 Å². The molecule has 6 heteroatoms. The van der Waals surface area contributed by atoms with Crippen LogP contribution in [0.25, 0.3) is 0 Å². The highest BCUT2D eigenvalue weighted by Gasteiger charge is 2.13. The highest BCUT2D eigenvalue weighted by atomic mass is 79.9. The molecule has 0 aliphatic carbocycles. The number of halogens is 3. The Morgan fingerprint density at radius 2 is 2.08 bits per heavy atom. The molecule has 1 rings (SSSR count). The van der Waals surface area contributed by atoms with E-state index in [1.54, 1.807) is 0 Å². The predicted octanol–water partition coefficient (Wildman–Crippen LogP) is 2.85. The minimum absolute atomic E-state index is 0.129. The molecule has 0 amide bonds. The SMILES string of the molecule is O=S(=O)(F)c1ccc(Br)c(CCl)c1. The van der Waals surface area contributed by atoms with Crippen molar-refractivity contribution in [2.75, 3.05) is 0 Å². The molecule has 0 saturated carbocycles. The summed E-state index contributed by atoms with van der Waals surface area (Å²) in [4.78, 5) is -0.369. The number of benzene rings is 1. The van der Waals surface area contributed by atoms with E-state index in [9.17, 15) is 12.3 Å². The molecule has 0 unspecified atom stereocenters. The third-order valence-electron chi connectivity index (χ3n) is 1.44. The lowest BCUT2D eigenvalue weighted by molar-refractivity contribution is 0.552. The van der Waals surface area contributed by atoms with Crippen molar-refractivity contribution in [1.82, 2.24) is 0 Å². The van der Waals surface area contributed by atoms with E-state index < -0.39 is 10.2 Å². The second kappa shape index (κ2) is 3.94. The Balaban J connectivity index is 3.30. The van der Waals surface area contributed by atoms with Crippen LogP contribution >= 0.6 is 27.5 Å². The van der Waals surface area contributed by atoms with Gasteiger partial charge in [0.2, 0.25) is 0 Å². The first kappa shape index (κ1) is 10.9. The van der Waals surface area contributed by atoms with Gasteiger partial charge < -0.3 is 0 Å². The first-order chi connectivity index (χ1) is 5.95. The van der Waals surface area contributed by atoms with Gasteiger partial charge >= 0.3 is 10.2 Å². The van der Waals surface area contributed by atoms with Crippen molar-refractivity contribution < 1.29 is 12.3 Å². The zero-order chi connectivity index (χ0) is 10.1. The van der Waals surface area contributed by atoms with Gasteiger partial charge in [-0.2, -0.15) is 8.42 Å². The molecule has 0 radical (unpaired) electrons. The van der Waals surface area contributed by atoms with Crippen LogP contribution in [0.1, 0.15) is 5.56 Å². The van der Waals surface area contributed by atoms with Crippen LogP contribution in [0.15, 0.2) is 27.6 Å². The molecule has 72 valence electrons. The van der Waals surface area contributed by atoms with Gasteiger partial charge in [0, 0.05) is 10.4 Å². The quantitative estimate of drug-likeness (QED) is 0.619. The van der Waals surface area contributed by atoms with Gasteiger partial charge in [-0.1, -0.05) is 15.9 Å². The molecule has 0 spiro atoms. The van der Waals surface area contributed by atoms with E-state index in [2.05, 4.69) is 15.9 Å². The highest BCUT2D eigenvalue weighted by molar-refractivity contribution is 9.10. The van der Waals surface area contributed by atoms with E-state index in [-0.39, 0.29) is 10.8 Å². The van der Waals surface area contributed by atoms with E-state index in [1.165, 1.54) is 18.2 Å². The van der Waals surface area contributed by atoms with Crippen LogP contribution in [0.4, 0.5) is 3.89 Å². The van der Waals surface area contributed by atoms with Crippen molar-refractivity contribution in [3.63, 3.8) is 0 Å². The Hall–Kier alpha value is -0.130. The number of hydrogen-bond acceptors (Lipinski definition) is 2. The molecular formula is C7H5BrClFO2S. The summed E-state index contributed by atoms with van der Waals surface area (Å²) in [5, 5.41) is 0. The zero-order valence-corrected chi connectivity index (χ0v) is 9.46. The molecule has 1 aromatic rings. The molecule has 13 heavy (non-hydrogen) atoms. The third kappa shape index (κ3) is 2.65. The van der Waals surface area contributed by atoms with Crippen LogP contribution < -0.4 is 0 Å². The van der Waals surface area contributed by atoms with Crippen LogP contribution in [0, 0.1) is 0 Å². The van der Waals surface area contributed by atoms with Crippen LogP contribution in [-0.4, -0.2) is 8.42 Å². The molecule has 0 bridgehead atoms. The van der Waals surface area contributed by atoms with E-state index in [0.29, 0.717) is 10.0 Å². The maximum atomic E-state index is 12.5. The minimum atomic E-state index is -4.63. The second-order valence-corrected chi connectivity index (χ2v) is 4.79. The molecule has 0 fully saturated rings. The van der Waals surface area contributed by atoms with E-state index >= 15 is 0 Å². The fourth-order valence-electron chi connectivity index (χ4n) is 0.805. The smallest absolute Gasteiger partial charge is 0.189 e. The summed E-state index contributed by atoms with van der Waals surface area (Å²) in [7, 11) is -4.63. The van der Waals surface area contributed by atoms with Gasteiger partial charge in [-0.25, -0.2) is 0 Å². The Morgan fingerprint density at radius 1 is 1.46 bits per heavy atom. The third-order valence-corrected chi connectivity index (χ3v) is 3.32. The minimum Gasteiger partial charge on any atom is -0.189 e. The molecule has 0 aliphatic rings. The molecule has 0 atom stereocenters. The monoisotopic (exact) mass is 286 g/mol. The molecule has 0 aliphatic heterocycles. The largest absolute Gasteiger partial charge is 0.332 e. The van der Waals surface area contributed by atoms with E-state index in [4.69, 9.17) is 11.6 Å². The highest BCUT2D eigenvalue weighted by Crippen LogP contribution is 2.23. The van der Waals surface area contributed by atoms with Crippen LogP contribution in [-0.2, 0) is 16.1 Å². The second-order valence-electron chi connectivity index (χ2n) is 2.32. The normalized spacial score (nSPS) is 11.6. The van der Waals surface area contributed by atoms with Gasteiger partial charge in [0.05, 0.1) is 4.90 Å². The summed E-state index contributed by atoms with van der Waals surface area (Å²) in [5.74, 6) is 0.129. The zero-order valence-electron chi connectivity index (χ0n) is 6.30. The van der Waals surface area contributed by atoms with Crippen molar-refractivity contribution in [2.45, 2.75) is 10.8 Å². The van der Waals surface area contributed by atoms with Crippen molar-refractivity contribution in [1.29, 1.82) is 0 Å². The summed E-state index contributed by atoms with van der Waals surface area (Å²) in [6.45, 7) is 0.